The van der Waals surface area contributed by atoms with Gasteiger partial charge in [-0.2, -0.15) is 0 Å². The molecule has 0 aliphatic carbocycles. The fourth-order valence-electron chi connectivity index (χ4n) is 2.03. The lowest BCUT2D eigenvalue weighted by Crippen LogP contribution is -1.99. The second kappa shape index (κ2) is 7.00. The SMILES string of the molecule is COc1ccc(CC(Br)c2cc(Cl)ccc2OC)cc1. The van der Waals surface area contributed by atoms with Crippen LogP contribution in [0, 0.1) is 0 Å². The van der Waals surface area contributed by atoms with E-state index < -0.39 is 0 Å². The molecular formula is C16H16BrClO2. The molecule has 0 bridgehead atoms. The van der Waals surface area contributed by atoms with E-state index in [1.807, 2.05) is 30.3 Å². The molecule has 1 atom stereocenters. The summed E-state index contributed by atoms with van der Waals surface area (Å²) >= 11 is 9.78. The van der Waals surface area contributed by atoms with Crippen molar-refractivity contribution in [2.24, 2.45) is 0 Å². The van der Waals surface area contributed by atoms with Gasteiger partial charge in [-0.3, -0.25) is 0 Å². The maximum absolute atomic E-state index is 6.07. The van der Waals surface area contributed by atoms with Crippen LogP contribution in [0.3, 0.4) is 0 Å². The van der Waals surface area contributed by atoms with Crippen LogP contribution in [0.5, 0.6) is 11.5 Å². The summed E-state index contributed by atoms with van der Waals surface area (Å²) in [6.07, 6.45) is 0.848. The number of alkyl halides is 1. The van der Waals surface area contributed by atoms with Crippen molar-refractivity contribution in [1.29, 1.82) is 0 Å². The number of methoxy groups -OCH3 is 2. The predicted molar refractivity (Wildman–Crippen MR) is 86.4 cm³/mol. The largest absolute Gasteiger partial charge is 0.497 e. The molecule has 0 heterocycles. The highest BCUT2D eigenvalue weighted by Crippen LogP contribution is 2.35. The molecule has 106 valence electrons. The van der Waals surface area contributed by atoms with Gasteiger partial charge in [-0.1, -0.05) is 39.7 Å². The van der Waals surface area contributed by atoms with Crippen molar-refractivity contribution in [3.05, 3.63) is 58.6 Å². The summed E-state index contributed by atoms with van der Waals surface area (Å²) in [6.45, 7) is 0. The van der Waals surface area contributed by atoms with E-state index in [1.54, 1.807) is 14.2 Å². The molecule has 0 saturated heterocycles. The highest BCUT2D eigenvalue weighted by Gasteiger charge is 2.14. The van der Waals surface area contributed by atoms with Gasteiger partial charge in [0, 0.05) is 15.4 Å². The van der Waals surface area contributed by atoms with Crippen molar-refractivity contribution >= 4 is 27.5 Å². The van der Waals surface area contributed by atoms with E-state index in [0.717, 1.165) is 23.5 Å². The Morgan fingerprint density at radius 3 is 2.35 bits per heavy atom. The monoisotopic (exact) mass is 354 g/mol. The van der Waals surface area contributed by atoms with Gasteiger partial charge in [0.15, 0.2) is 0 Å². The minimum absolute atomic E-state index is 0.143. The number of hydrogen-bond donors (Lipinski definition) is 0. The van der Waals surface area contributed by atoms with Gasteiger partial charge in [-0.25, -0.2) is 0 Å². The topological polar surface area (TPSA) is 18.5 Å². The number of hydrogen-bond acceptors (Lipinski definition) is 2. The number of rotatable bonds is 5. The van der Waals surface area contributed by atoms with Gasteiger partial charge in [0.2, 0.25) is 0 Å². The fourth-order valence-corrected chi connectivity index (χ4v) is 2.94. The van der Waals surface area contributed by atoms with Crippen LogP contribution < -0.4 is 9.47 Å². The van der Waals surface area contributed by atoms with Crippen LogP contribution in [0.15, 0.2) is 42.5 Å². The smallest absolute Gasteiger partial charge is 0.123 e. The first-order valence-corrected chi connectivity index (χ1v) is 7.54. The predicted octanol–water partition coefficient (Wildman–Crippen LogP) is 5.04. The average Bonchev–Trinajstić information content (AvgIpc) is 2.48. The van der Waals surface area contributed by atoms with Crippen LogP contribution in [0.25, 0.3) is 0 Å². The first kappa shape index (κ1) is 15.2. The van der Waals surface area contributed by atoms with Gasteiger partial charge < -0.3 is 9.47 Å². The minimum Gasteiger partial charge on any atom is -0.497 e. The van der Waals surface area contributed by atoms with Crippen molar-refractivity contribution < 1.29 is 9.47 Å². The molecule has 1 unspecified atom stereocenters. The molecule has 0 saturated carbocycles. The first-order valence-electron chi connectivity index (χ1n) is 6.24. The van der Waals surface area contributed by atoms with Crippen molar-refractivity contribution in [3.63, 3.8) is 0 Å². The molecule has 0 amide bonds. The van der Waals surface area contributed by atoms with Crippen molar-refractivity contribution in [2.75, 3.05) is 14.2 Å². The fraction of sp³-hybridized carbons (Fsp3) is 0.250. The van der Waals surface area contributed by atoms with E-state index in [1.165, 1.54) is 5.56 Å². The summed E-state index contributed by atoms with van der Waals surface area (Å²) < 4.78 is 10.5. The first-order chi connectivity index (χ1) is 9.63. The molecule has 2 aromatic rings. The Kier molecular flexibility index (Phi) is 5.32. The number of halogens is 2. The minimum atomic E-state index is 0.143. The second-order valence-corrected chi connectivity index (χ2v) is 5.95. The molecule has 0 N–H and O–H groups in total. The highest BCUT2D eigenvalue weighted by molar-refractivity contribution is 9.09. The van der Waals surface area contributed by atoms with Crippen LogP contribution in [-0.4, -0.2) is 14.2 Å². The second-order valence-electron chi connectivity index (χ2n) is 4.41. The molecular weight excluding hydrogens is 340 g/mol. The molecule has 0 fully saturated rings. The maximum Gasteiger partial charge on any atom is 0.123 e. The molecule has 2 nitrogen and oxygen atoms in total. The van der Waals surface area contributed by atoms with Gasteiger partial charge >= 0.3 is 0 Å². The summed E-state index contributed by atoms with van der Waals surface area (Å²) in [4.78, 5) is 0.143. The van der Waals surface area contributed by atoms with Crippen LogP contribution in [-0.2, 0) is 6.42 Å². The van der Waals surface area contributed by atoms with Gasteiger partial charge in [-0.15, -0.1) is 0 Å². The Labute approximate surface area is 132 Å². The molecule has 0 aromatic heterocycles. The van der Waals surface area contributed by atoms with Gasteiger partial charge in [0.05, 0.1) is 14.2 Å². The number of ether oxygens (including phenoxy) is 2. The lowest BCUT2D eigenvalue weighted by Gasteiger charge is -2.15. The summed E-state index contributed by atoms with van der Waals surface area (Å²) in [7, 11) is 3.33. The van der Waals surface area contributed by atoms with Crippen molar-refractivity contribution in [1.82, 2.24) is 0 Å². The van der Waals surface area contributed by atoms with E-state index in [2.05, 4.69) is 28.1 Å². The van der Waals surface area contributed by atoms with Crippen LogP contribution in [0.2, 0.25) is 5.02 Å². The normalized spacial score (nSPS) is 12.0. The molecule has 0 aliphatic heterocycles. The summed E-state index contributed by atoms with van der Waals surface area (Å²) in [5, 5.41) is 0.708. The third kappa shape index (κ3) is 3.68. The van der Waals surface area contributed by atoms with E-state index in [4.69, 9.17) is 21.1 Å². The zero-order valence-corrected chi connectivity index (χ0v) is 13.7. The Morgan fingerprint density at radius 1 is 1.05 bits per heavy atom. The summed E-state index contributed by atoms with van der Waals surface area (Å²) in [5.41, 5.74) is 2.27. The third-order valence-electron chi connectivity index (χ3n) is 3.10. The zero-order chi connectivity index (χ0) is 14.5. The summed E-state index contributed by atoms with van der Waals surface area (Å²) in [5.74, 6) is 1.70. The Balaban J connectivity index is 2.18. The van der Waals surface area contributed by atoms with Crippen LogP contribution >= 0.6 is 27.5 Å². The summed E-state index contributed by atoms with van der Waals surface area (Å²) in [6, 6.07) is 13.7. The van der Waals surface area contributed by atoms with Gasteiger partial charge in [-0.05, 0) is 42.3 Å². The molecule has 2 rings (SSSR count). The van der Waals surface area contributed by atoms with E-state index in [-0.39, 0.29) is 4.83 Å². The molecule has 20 heavy (non-hydrogen) atoms. The molecule has 0 radical (unpaired) electrons. The Hall–Kier alpha value is -1.19. The van der Waals surface area contributed by atoms with Crippen LogP contribution in [0.1, 0.15) is 16.0 Å². The quantitative estimate of drug-likeness (QED) is 0.700. The van der Waals surface area contributed by atoms with E-state index in [9.17, 15) is 0 Å². The Morgan fingerprint density at radius 2 is 1.75 bits per heavy atom. The average molecular weight is 356 g/mol. The van der Waals surface area contributed by atoms with E-state index >= 15 is 0 Å². The molecule has 0 aliphatic rings. The lowest BCUT2D eigenvalue weighted by molar-refractivity contribution is 0.409. The van der Waals surface area contributed by atoms with E-state index in [0.29, 0.717) is 5.02 Å². The highest BCUT2D eigenvalue weighted by atomic mass is 79.9. The maximum atomic E-state index is 6.07. The standard InChI is InChI=1S/C16H16BrClO2/c1-19-13-6-3-11(4-7-13)9-15(17)14-10-12(18)5-8-16(14)20-2/h3-8,10,15H,9H2,1-2H3. The third-order valence-corrected chi connectivity index (χ3v) is 4.16. The molecule has 0 spiro atoms. The Bertz CT molecular complexity index is 569. The van der Waals surface area contributed by atoms with Gasteiger partial charge in [0.1, 0.15) is 11.5 Å². The lowest BCUT2D eigenvalue weighted by atomic mass is 10.0. The van der Waals surface area contributed by atoms with Crippen molar-refractivity contribution in [2.45, 2.75) is 11.2 Å². The van der Waals surface area contributed by atoms with Crippen LogP contribution in [0.4, 0.5) is 0 Å². The van der Waals surface area contributed by atoms with Gasteiger partial charge in [0.25, 0.3) is 0 Å². The zero-order valence-electron chi connectivity index (χ0n) is 11.4. The van der Waals surface area contributed by atoms with Crippen molar-refractivity contribution in [3.8, 4) is 11.5 Å². The molecule has 2 aromatic carbocycles. The number of benzene rings is 2. The molecule has 4 heteroatoms.